The Hall–Kier alpha value is -3.03. The number of nitrogens with zero attached hydrogens (tertiary/aromatic N) is 2. The zero-order chi connectivity index (χ0) is 17.5. The average molecular weight is 333 g/mol. The summed E-state index contributed by atoms with van der Waals surface area (Å²) in [6.07, 6.45) is 2.07. The van der Waals surface area contributed by atoms with E-state index in [0.717, 1.165) is 5.56 Å². The molecule has 1 amide bonds. The number of carboxylic acid groups (broad SMARTS) is 1. The van der Waals surface area contributed by atoms with Crippen LogP contribution in [0.2, 0.25) is 0 Å². The van der Waals surface area contributed by atoms with Gasteiger partial charge in [-0.2, -0.15) is 5.10 Å². The molecular formula is C16H19N3O5. The van der Waals surface area contributed by atoms with Crippen molar-refractivity contribution < 1.29 is 24.2 Å². The minimum Gasteiger partial charge on any atom is -0.493 e. The highest BCUT2D eigenvalue weighted by atomic mass is 16.5. The molecule has 128 valence electrons. The number of amides is 1. The Morgan fingerprint density at radius 2 is 1.96 bits per heavy atom. The second-order valence-electron chi connectivity index (χ2n) is 4.99. The van der Waals surface area contributed by atoms with Crippen LogP contribution in [0.15, 0.2) is 30.5 Å². The van der Waals surface area contributed by atoms with Crippen LogP contribution in [0.4, 0.5) is 0 Å². The van der Waals surface area contributed by atoms with E-state index in [0.29, 0.717) is 24.5 Å². The summed E-state index contributed by atoms with van der Waals surface area (Å²) in [6.45, 7) is 0.138. The van der Waals surface area contributed by atoms with Crippen molar-refractivity contribution in [2.45, 2.75) is 13.0 Å². The third kappa shape index (κ3) is 4.48. The van der Waals surface area contributed by atoms with Gasteiger partial charge in [-0.3, -0.25) is 14.3 Å². The standard InChI is InChI=1S/C16H19N3O5/c1-23-13-4-3-11(9-14(13)24-2)5-7-17-16(22)12-6-8-19(18-12)10-15(20)21/h3-4,6,8-9H,5,7,10H2,1-2H3,(H,17,22)(H,20,21). The van der Waals surface area contributed by atoms with Crippen molar-refractivity contribution in [2.24, 2.45) is 0 Å². The van der Waals surface area contributed by atoms with E-state index in [1.54, 1.807) is 14.2 Å². The van der Waals surface area contributed by atoms with Crippen molar-refractivity contribution in [3.63, 3.8) is 0 Å². The van der Waals surface area contributed by atoms with Crippen LogP contribution in [-0.2, 0) is 17.8 Å². The molecule has 2 aromatic rings. The SMILES string of the molecule is COc1ccc(CCNC(=O)c2ccn(CC(=O)O)n2)cc1OC. The van der Waals surface area contributed by atoms with Crippen LogP contribution in [0.5, 0.6) is 11.5 Å². The number of ether oxygens (including phenoxy) is 2. The largest absolute Gasteiger partial charge is 0.493 e. The Balaban J connectivity index is 1.88. The third-order valence-electron chi connectivity index (χ3n) is 3.32. The highest BCUT2D eigenvalue weighted by Gasteiger charge is 2.10. The van der Waals surface area contributed by atoms with Crippen LogP contribution in [0.25, 0.3) is 0 Å². The first-order chi connectivity index (χ1) is 11.5. The maximum Gasteiger partial charge on any atom is 0.325 e. The zero-order valence-electron chi connectivity index (χ0n) is 13.5. The molecule has 1 heterocycles. The maximum absolute atomic E-state index is 12.0. The smallest absolute Gasteiger partial charge is 0.325 e. The Kier molecular flexibility index (Phi) is 5.78. The lowest BCUT2D eigenvalue weighted by atomic mass is 10.1. The molecule has 0 unspecified atom stereocenters. The summed E-state index contributed by atoms with van der Waals surface area (Å²) in [4.78, 5) is 22.6. The van der Waals surface area contributed by atoms with Gasteiger partial charge in [0.15, 0.2) is 11.5 Å². The highest BCUT2D eigenvalue weighted by Crippen LogP contribution is 2.27. The Morgan fingerprint density at radius 1 is 1.21 bits per heavy atom. The first kappa shape index (κ1) is 17.3. The summed E-state index contributed by atoms with van der Waals surface area (Å²) in [6, 6.07) is 7.04. The minimum absolute atomic E-state index is 0.184. The molecule has 1 aromatic carbocycles. The molecule has 8 nitrogen and oxygen atoms in total. The van der Waals surface area contributed by atoms with Gasteiger partial charge in [-0.25, -0.2) is 0 Å². The zero-order valence-corrected chi connectivity index (χ0v) is 13.5. The molecule has 0 aliphatic rings. The molecule has 0 saturated carbocycles. The van der Waals surface area contributed by atoms with Crippen molar-refractivity contribution in [1.82, 2.24) is 15.1 Å². The van der Waals surface area contributed by atoms with Crippen LogP contribution in [0, 0.1) is 0 Å². The molecule has 0 bridgehead atoms. The predicted octanol–water partition coefficient (Wildman–Crippen LogP) is 0.957. The van der Waals surface area contributed by atoms with Gasteiger partial charge >= 0.3 is 5.97 Å². The Bertz CT molecular complexity index is 726. The normalized spacial score (nSPS) is 10.2. The van der Waals surface area contributed by atoms with Crippen molar-refractivity contribution in [3.8, 4) is 11.5 Å². The van der Waals surface area contributed by atoms with Gasteiger partial charge in [-0.05, 0) is 30.2 Å². The molecule has 0 atom stereocenters. The number of carbonyl (C=O) groups is 2. The summed E-state index contributed by atoms with van der Waals surface area (Å²) in [5.41, 5.74) is 1.17. The molecule has 0 saturated heterocycles. The predicted molar refractivity (Wildman–Crippen MR) is 85.4 cm³/mol. The van der Waals surface area contributed by atoms with Gasteiger partial charge in [-0.1, -0.05) is 6.07 Å². The summed E-state index contributed by atoms with van der Waals surface area (Å²) >= 11 is 0. The molecule has 0 radical (unpaired) electrons. The van der Waals surface area contributed by atoms with E-state index in [1.807, 2.05) is 18.2 Å². The fourth-order valence-corrected chi connectivity index (χ4v) is 2.16. The lowest BCUT2D eigenvalue weighted by Gasteiger charge is -2.09. The minimum atomic E-state index is -1.02. The van der Waals surface area contributed by atoms with Crippen LogP contribution >= 0.6 is 0 Å². The van der Waals surface area contributed by atoms with Crippen molar-refractivity contribution in [2.75, 3.05) is 20.8 Å². The van der Waals surface area contributed by atoms with Crippen LogP contribution in [0.1, 0.15) is 16.1 Å². The quantitative estimate of drug-likeness (QED) is 0.746. The highest BCUT2D eigenvalue weighted by molar-refractivity contribution is 5.92. The molecule has 2 rings (SSSR count). The molecule has 24 heavy (non-hydrogen) atoms. The van der Waals surface area contributed by atoms with Gasteiger partial charge in [0, 0.05) is 12.7 Å². The van der Waals surface area contributed by atoms with Crippen molar-refractivity contribution in [1.29, 1.82) is 0 Å². The lowest BCUT2D eigenvalue weighted by Crippen LogP contribution is -2.26. The van der Waals surface area contributed by atoms with E-state index in [4.69, 9.17) is 14.6 Å². The summed E-state index contributed by atoms with van der Waals surface area (Å²) < 4.78 is 11.6. The number of methoxy groups -OCH3 is 2. The fraction of sp³-hybridized carbons (Fsp3) is 0.312. The Labute approximate surface area is 139 Å². The number of carbonyl (C=O) groups excluding carboxylic acids is 1. The lowest BCUT2D eigenvalue weighted by molar-refractivity contribution is -0.137. The molecule has 0 aliphatic carbocycles. The first-order valence-corrected chi connectivity index (χ1v) is 7.28. The van der Waals surface area contributed by atoms with E-state index in [2.05, 4.69) is 10.4 Å². The second-order valence-corrected chi connectivity index (χ2v) is 4.99. The van der Waals surface area contributed by atoms with Crippen LogP contribution in [0.3, 0.4) is 0 Å². The van der Waals surface area contributed by atoms with Crippen LogP contribution < -0.4 is 14.8 Å². The van der Waals surface area contributed by atoms with E-state index >= 15 is 0 Å². The first-order valence-electron chi connectivity index (χ1n) is 7.28. The van der Waals surface area contributed by atoms with Gasteiger partial charge in [0.25, 0.3) is 5.91 Å². The summed E-state index contributed by atoms with van der Waals surface area (Å²) in [5, 5.41) is 15.3. The van der Waals surface area contributed by atoms with E-state index < -0.39 is 5.97 Å². The number of benzene rings is 1. The third-order valence-corrected chi connectivity index (χ3v) is 3.32. The van der Waals surface area contributed by atoms with Gasteiger partial charge < -0.3 is 19.9 Å². The number of nitrogens with one attached hydrogen (secondary N) is 1. The van der Waals surface area contributed by atoms with Crippen molar-refractivity contribution in [3.05, 3.63) is 41.7 Å². The van der Waals surface area contributed by atoms with E-state index in [-0.39, 0.29) is 18.1 Å². The van der Waals surface area contributed by atoms with E-state index in [1.165, 1.54) is 16.9 Å². The molecular weight excluding hydrogens is 314 g/mol. The molecule has 0 spiro atoms. The maximum atomic E-state index is 12.0. The topological polar surface area (TPSA) is 103 Å². The van der Waals surface area contributed by atoms with E-state index in [9.17, 15) is 9.59 Å². The molecule has 8 heteroatoms. The molecule has 2 N–H and O–H groups in total. The number of aromatic nitrogens is 2. The average Bonchev–Trinajstić information content (AvgIpc) is 3.02. The molecule has 0 fully saturated rings. The van der Waals surface area contributed by atoms with Crippen LogP contribution in [-0.4, -0.2) is 47.5 Å². The molecule has 1 aromatic heterocycles. The Morgan fingerprint density at radius 3 is 2.62 bits per heavy atom. The van der Waals surface area contributed by atoms with Gasteiger partial charge in [-0.15, -0.1) is 0 Å². The van der Waals surface area contributed by atoms with Crippen molar-refractivity contribution >= 4 is 11.9 Å². The number of hydrogen-bond donors (Lipinski definition) is 2. The number of hydrogen-bond acceptors (Lipinski definition) is 5. The number of aliphatic carboxylic acids is 1. The van der Waals surface area contributed by atoms with Gasteiger partial charge in [0.05, 0.1) is 14.2 Å². The summed E-state index contributed by atoms with van der Waals surface area (Å²) in [7, 11) is 3.14. The monoisotopic (exact) mass is 333 g/mol. The fourth-order valence-electron chi connectivity index (χ4n) is 2.16. The number of rotatable bonds is 8. The number of carboxylic acids is 1. The van der Waals surface area contributed by atoms with Gasteiger partial charge in [0.1, 0.15) is 12.2 Å². The molecule has 0 aliphatic heterocycles. The second kappa shape index (κ2) is 8.00. The van der Waals surface area contributed by atoms with Gasteiger partial charge in [0.2, 0.25) is 0 Å². The summed E-state index contributed by atoms with van der Waals surface area (Å²) in [5.74, 6) is -0.0823.